The van der Waals surface area contributed by atoms with Crippen LogP contribution >= 0.6 is 0 Å². The normalized spacial score (nSPS) is 10.8. The number of hydrogen-bond donors (Lipinski definition) is 4. The van der Waals surface area contributed by atoms with E-state index in [4.69, 9.17) is 11.5 Å². The zero-order valence-corrected chi connectivity index (χ0v) is 12.6. The van der Waals surface area contributed by atoms with Crippen LogP contribution in [0.25, 0.3) is 0 Å². The number of rotatable bonds is 11. The van der Waals surface area contributed by atoms with E-state index in [1.165, 1.54) is 0 Å². The summed E-state index contributed by atoms with van der Waals surface area (Å²) in [4.78, 5) is 14.1. The molecule has 6 heteroatoms. The van der Waals surface area contributed by atoms with Gasteiger partial charge in [-0.3, -0.25) is 9.69 Å². The molecule has 0 heterocycles. The highest BCUT2D eigenvalue weighted by Gasteiger charge is 2.06. The Morgan fingerprint density at radius 1 is 0.952 bits per heavy atom. The fraction of sp³-hybridized carbons (Fsp3) is 0.533. The highest BCUT2D eigenvalue weighted by molar-refractivity contribution is 5.94. The second kappa shape index (κ2) is 11.2. The van der Waals surface area contributed by atoms with Crippen molar-refractivity contribution in [2.75, 3.05) is 52.4 Å². The molecule has 1 amide bonds. The van der Waals surface area contributed by atoms with Crippen LogP contribution in [0.3, 0.4) is 0 Å². The van der Waals surface area contributed by atoms with E-state index in [9.17, 15) is 4.79 Å². The number of amides is 1. The SMILES string of the molecule is NCCNCCN(CCN)CCNC(=O)c1ccccc1. The maximum Gasteiger partial charge on any atom is 0.251 e. The predicted octanol–water partition coefficient (Wildman–Crippen LogP) is -0.775. The summed E-state index contributed by atoms with van der Waals surface area (Å²) in [7, 11) is 0. The number of nitrogens with one attached hydrogen (secondary N) is 2. The molecule has 21 heavy (non-hydrogen) atoms. The Bertz CT molecular complexity index is 385. The van der Waals surface area contributed by atoms with Crippen LogP contribution in [0.5, 0.6) is 0 Å². The molecule has 0 aliphatic carbocycles. The van der Waals surface area contributed by atoms with Crippen LogP contribution < -0.4 is 22.1 Å². The lowest BCUT2D eigenvalue weighted by molar-refractivity contribution is 0.0948. The highest BCUT2D eigenvalue weighted by atomic mass is 16.1. The molecule has 0 saturated heterocycles. The van der Waals surface area contributed by atoms with Crippen LogP contribution in [0.15, 0.2) is 30.3 Å². The molecule has 0 aliphatic heterocycles. The zero-order valence-electron chi connectivity index (χ0n) is 12.6. The van der Waals surface area contributed by atoms with Gasteiger partial charge in [-0.2, -0.15) is 0 Å². The first-order chi connectivity index (χ1) is 10.3. The maximum absolute atomic E-state index is 11.9. The molecule has 0 atom stereocenters. The van der Waals surface area contributed by atoms with Gasteiger partial charge in [-0.15, -0.1) is 0 Å². The van der Waals surface area contributed by atoms with E-state index in [1.807, 2.05) is 30.3 Å². The van der Waals surface area contributed by atoms with E-state index < -0.39 is 0 Å². The van der Waals surface area contributed by atoms with Crippen molar-refractivity contribution in [1.82, 2.24) is 15.5 Å². The van der Waals surface area contributed by atoms with Gasteiger partial charge in [0.15, 0.2) is 0 Å². The molecule has 1 rings (SSSR count). The van der Waals surface area contributed by atoms with Gasteiger partial charge in [0.05, 0.1) is 0 Å². The molecule has 1 aromatic carbocycles. The summed E-state index contributed by atoms with van der Waals surface area (Å²) in [5.41, 5.74) is 11.7. The first-order valence-electron chi connectivity index (χ1n) is 7.44. The molecule has 0 radical (unpaired) electrons. The van der Waals surface area contributed by atoms with Gasteiger partial charge in [0.2, 0.25) is 0 Å². The lowest BCUT2D eigenvalue weighted by atomic mass is 10.2. The second-order valence-electron chi connectivity index (χ2n) is 4.79. The number of hydrogen-bond acceptors (Lipinski definition) is 5. The van der Waals surface area contributed by atoms with Crippen molar-refractivity contribution in [1.29, 1.82) is 0 Å². The predicted molar refractivity (Wildman–Crippen MR) is 86.2 cm³/mol. The summed E-state index contributed by atoms with van der Waals surface area (Å²) in [6.07, 6.45) is 0. The van der Waals surface area contributed by atoms with E-state index in [2.05, 4.69) is 15.5 Å². The number of carbonyl (C=O) groups is 1. The second-order valence-corrected chi connectivity index (χ2v) is 4.79. The third kappa shape index (κ3) is 7.77. The van der Waals surface area contributed by atoms with E-state index in [0.29, 0.717) is 25.2 Å². The highest BCUT2D eigenvalue weighted by Crippen LogP contribution is 1.97. The standard InChI is InChI=1S/C15H27N5O/c16-6-8-18-9-12-20(11-7-17)13-10-19-15(21)14-4-2-1-3-5-14/h1-5,18H,6-13,16-17H2,(H,19,21). The molecule has 0 fully saturated rings. The van der Waals surface area contributed by atoms with Gasteiger partial charge in [0.25, 0.3) is 5.91 Å². The van der Waals surface area contributed by atoms with Gasteiger partial charge in [-0.1, -0.05) is 18.2 Å². The lowest BCUT2D eigenvalue weighted by Crippen LogP contribution is -2.41. The van der Waals surface area contributed by atoms with Crippen molar-refractivity contribution in [3.63, 3.8) is 0 Å². The van der Waals surface area contributed by atoms with Crippen LogP contribution in [0.2, 0.25) is 0 Å². The van der Waals surface area contributed by atoms with E-state index in [1.54, 1.807) is 0 Å². The topological polar surface area (TPSA) is 96.4 Å². The van der Waals surface area contributed by atoms with Gasteiger partial charge in [-0.25, -0.2) is 0 Å². The Balaban J connectivity index is 2.24. The molecule has 0 saturated carbocycles. The minimum absolute atomic E-state index is 0.0374. The van der Waals surface area contributed by atoms with Crippen molar-refractivity contribution in [2.24, 2.45) is 11.5 Å². The van der Waals surface area contributed by atoms with Crippen LogP contribution in [-0.4, -0.2) is 63.2 Å². The van der Waals surface area contributed by atoms with Gasteiger partial charge in [-0.05, 0) is 12.1 Å². The Labute approximate surface area is 126 Å². The largest absolute Gasteiger partial charge is 0.351 e. The van der Waals surface area contributed by atoms with Crippen molar-refractivity contribution in [3.05, 3.63) is 35.9 Å². The van der Waals surface area contributed by atoms with Crippen LogP contribution in [-0.2, 0) is 0 Å². The number of benzene rings is 1. The number of carbonyl (C=O) groups excluding carboxylic acids is 1. The Morgan fingerprint density at radius 2 is 1.67 bits per heavy atom. The molecule has 6 N–H and O–H groups in total. The quantitative estimate of drug-likeness (QED) is 0.402. The average Bonchev–Trinajstić information content (AvgIpc) is 2.52. The van der Waals surface area contributed by atoms with Gasteiger partial charge in [0.1, 0.15) is 0 Å². The van der Waals surface area contributed by atoms with Crippen molar-refractivity contribution in [2.45, 2.75) is 0 Å². The molecular weight excluding hydrogens is 266 g/mol. The van der Waals surface area contributed by atoms with Gasteiger partial charge in [0, 0.05) is 57.9 Å². The molecule has 1 aromatic rings. The van der Waals surface area contributed by atoms with Crippen LogP contribution in [0.4, 0.5) is 0 Å². The first-order valence-corrected chi connectivity index (χ1v) is 7.44. The zero-order chi connectivity index (χ0) is 15.3. The number of nitrogens with zero attached hydrogens (tertiary/aromatic N) is 1. The minimum Gasteiger partial charge on any atom is -0.351 e. The fourth-order valence-corrected chi connectivity index (χ4v) is 2.00. The first kappa shape index (κ1) is 17.6. The molecule has 0 bridgehead atoms. The van der Waals surface area contributed by atoms with E-state index in [0.717, 1.165) is 32.7 Å². The molecule has 118 valence electrons. The van der Waals surface area contributed by atoms with Crippen LogP contribution in [0.1, 0.15) is 10.4 Å². The number of nitrogens with two attached hydrogens (primary N) is 2. The van der Waals surface area contributed by atoms with Crippen molar-refractivity contribution >= 4 is 5.91 Å². The Morgan fingerprint density at radius 3 is 2.33 bits per heavy atom. The summed E-state index contributed by atoms with van der Waals surface area (Å²) >= 11 is 0. The molecule has 0 spiro atoms. The van der Waals surface area contributed by atoms with E-state index in [-0.39, 0.29) is 5.91 Å². The molecule has 6 nitrogen and oxygen atoms in total. The summed E-state index contributed by atoms with van der Waals surface area (Å²) in [6.45, 7) is 6.09. The average molecular weight is 293 g/mol. The molecule has 0 unspecified atom stereocenters. The van der Waals surface area contributed by atoms with Crippen LogP contribution in [0, 0.1) is 0 Å². The smallest absolute Gasteiger partial charge is 0.251 e. The van der Waals surface area contributed by atoms with E-state index >= 15 is 0 Å². The summed E-state index contributed by atoms with van der Waals surface area (Å²) in [5, 5.41) is 6.18. The van der Waals surface area contributed by atoms with Gasteiger partial charge >= 0.3 is 0 Å². The minimum atomic E-state index is -0.0374. The monoisotopic (exact) mass is 293 g/mol. The van der Waals surface area contributed by atoms with Crippen molar-refractivity contribution in [3.8, 4) is 0 Å². The summed E-state index contributed by atoms with van der Waals surface area (Å²) in [5.74, 6) is -0.0374. The Hall–Kier alpha value is -1.47. The molecule has 0 aromatic heterocycles. The third-order valence-corrected chi connectivity index (χ3v) is 3.12. The lowest BCUT2D eigenvalue weighted by Gasteiger charge is -2.21. The fourth-order valence-electron chi connectivity index (χ4n) is 2.00. The van der Waals surface area contributed by atoms with Crippen molar-refractivity contribution < 1.29 is 4.79 Å². The molecule has 0 aliphatic rings. The third-order valence-electron chi connectivity index (χ3n) is 3.12. The Kier molecular flexibility index (Phi) is 9.39. The van der Waals surface area contributed by atoms with Gasteiger partial charge < -0.3 is 22.1 Å². The maximum atomic E-state index is 11.9. The summed E-state index contributed by atoms with van der Waals surface area (Å²) in [6, 6.07) is 9.24. The summed E-state index contributed by atoms with van der Waals surface area (Å²) < 4.78 is 0. The molecular formula is C15H27N5O.